The Morgan fingerprint density at radius 3 is 2.61 bits per heavy atom. The van der Waals surface area contributed by atoms with Gasteiger partial charge in [-0.15, -0.1) is 0 Å². The van der Waals surface area contributed by atoms with Gasteiger partial charge in [0.25, 0.3) is 5.91 Å². The molecule has 0 spiro atoms. The van der Waals surface area contributed by atoms with Gasteiger partial charge in [0, 0.05) is 17.8 Å². The summed E-state index contributed by atoms with van der Waals surface area (Å²) in [5.74, 6) is 1.69. The van der Waals surface area contributed by atoms with E-state index in [1.165, 1.54) is 0 Å². The quantitative estimate of drug-likeness (QED) is 0.785. The van der Waals surface area contributed by atoms with Crippen molar-refractivity contribution in [3.63, 3.8) is 0 Å². The summed E-state index contributed by atoms with van der Waals surface area (Å²) < 4.78 is 12.3. The van der Waals surface area contributed by atoms with Gasteiger partial charge in [-0.1, -0.05) is 6.07 Å². The van der Waals surface area contributed by atoms with Gasteiger partial charge in [0.05, 0.1) is 32.5 Å². The molecule has 2 aromatic heterocycles. The van der Waals surface area contributed by atoms with Gasteiger partial charge >= 0.3 is 0 Å². The van der Waals surface area contributed by atoms with Crippen LogP contribution >= 0.6 is 0 Å². The molecule has 1 aromatic carbocycles. The molecule has 0 saturated heterocycles. The van der Waals surface area contributed by atoms with Gasteiger partial charge in [-0.2, -0.15) is 0 Å². The lowest BCUT2D eigenvalue weighted by molar-refractivity contribution is 0.0949. The van der Waals surface area contributed by atoms with E-state index in [9.17, 15) is 4.79 Å². The van der Waals surface area contributed by atoms with Crippen molar-refractivity contribution < 1.29 is 14.3 Å². The van der Waals surface area contributed by atoms with Crippen LogP contribution in [0, 0.1) is 0 Å². The highest BCUT2D eigenvalue weighted by molar-refractivity contribution is 5.95. The lowest BCUT2D eigenvalue weighted by atomic mass is 10.2. The normalized spacial score (nSPS) is 10.5. The average Bonchev–Trinajstić information content (AvgIpc) is 3.02. The lowest BCUT2D eigenvalue weighted by Crippen LogP contribution is -2.24. The van der Waals surface area contributed by atoms with Gasteiger partial charge in [0.1, 0.15) is 17.3 Å². The predicted octanol–water partition coefficient (Wildman–Crippen LogP) is 2.28. The SMILES string of the molecule is COc1cc(OC)cc(C(=O)NCc2ncc3ccccn23)c1. The summed E-state index contributed by atoms with van der Waals surface area (Å²) >= 11 is 0. The number of nitrogens with zero attached hydrogens (tertiary/aromatic N) is 2. The maximum atomic E-state index is 12.4. The van der Waals surface area contributed by atoms with E-state index in [0.717, 1.165) is 11.3 Å². The Kier molecular flexibility index (Phi) is 4.14. The van der Waals surface area contributed by atoms with Crippen molar-refractivity contribution in [2.24, 2.45) is 0 Å². The van der Waals surface area contributed by atoms with Crippen LogP contribution in [0.25, 0.3) is 5.52 Å². The molecule has 0 aliphatic heterocycles. The van der Waals surface area contributed by atoms with E-state index >= 15 is 0 Å². The number of pyridine rings is 1. The first-order valence-electron chi connectivity index (χ1n) is 7.13. The molecule has 2 heterocycles. The van der Waals surface area contributed by atoms with E-state index in [0.29, 0.717) is 23.6 Å². The Bertz CT molecular complexity index is 820. The molecular weight excluding hydrogens is 294 g/mol. The molecule has 0 saturated carbocycles. The second kappa shape index (κ2) is 6.39. The molecule has 23 heavy (non-hydrogen) atoms. The molecule has 1 amide bonds. The summed E-state index contributed by atoms with van der Waals surface area (Å²) in [6.07, 6.45) is 3.69. The van der Waals surface area contributed by atoms with Gasteiger partial charge < -0.3 is 19.2 Å². The van der Waals surface area contributed by atoms with E-state index in [-0.39, 0.29) is 5.91 Å². The maximum absolute atomic E-state index is 12.4. The van der Waals surface area contributed by atoms with Crippen LogP contribution < -0.4 is 14.8 Å². The van der Waals surface area contributed by atoms with Crippen LogP contribution in [0.2, 0.25) is 0 Å². The first kappa shape index (κ1) is 14.9. The van der Waals surface area contributed by atoms with Gasteiger partial charge in [0.15, 0.2) is 0 Å². The van der Waals surface area contributed by atoms with Crippen LogP contribution in [0.4, 0.5) is 0 Å². The highest BCUT2D eigenvalue weighted by atomic mass is 16.5. The maximum Gasteiger partial charge on any atom is 0.251 e. The molecule has 1 N–H and O–H groups in total. The van der Waals surface area contributed by atoms with E-state index in [2.05, 4.69) is 10.3 Å². The third-order valence-electron chi connectivity index (χ3n) is 3.54. The molecule has 118 valence electrons. The summed E-state index contributed by atoms with van der Waals surface area (Å²) in [5.41, 5.74) is 1.46. The summed E-state index contributed by atoms with van der Waals surface area (Å²) in [6.45, 7) is 0.330. The zero-order chi connectivity index (χ0) is 16.2. The molecule has 0 atom stereocenters. The Morgan fingerprint density at radius 2 is 1.91 bits per heavy atom. The number of hydrogen-bond acceptors (Lipinski definition) is 4. The zero-order valence-corrected chi connectivity index (χ0v) is 12.9. The van der Waals surface area contributed by atoms with Crippen LogP contribution in [-0.2, 0) is 6.54 Å². The van der Waals surface area contributed by atoms with E-state index in [4.69, 9.17) is 9.47 Å². The number of fused-ring (bicyclic) bond motifs is 1. The van der Waals surface area contributed by atoms with Crippen LogP contribution in [0.3, 0.4) is 0 Å². The highest BCUT2D eigenvalue weighted by Gasteiger charge is 2.11. The van der Waals surface area contributed by atoms with Crippen molar-refractivity contribution in [3.8, 4) is 11.5 Å². The number of amides is 1. The molecule has 0 fully saturated rings. The van der Waals surface area contributed by atoms with E-state index in [1.54, 1.807) is 38.6 Å². The standard InChI is InChI=1S/C17H17N3O3/c1-22-14-7-12(8-15(9-14)23-2)17(21)19-11-16-18-10-13-5-3-4-6-20(13)16/h3-10H,11H2,1-2H3,(H,19,21). The van der Waals surface area contributed by atoms with E-state index in [1.807, 2.05) is 28.8 Å². The van der Waals surface area contributed by atoms with Crippen LogP contribution in [0.15, 0.2) is 48.8 Å². The van der Waals surface area contributed by atoms with Gasteiger partial charge in [-0.05, 0) is 24.3 Å². The number of rotatable bonds is 5. The molecule has 0 aliphatic carbocycles. The summed E-state index contributed by atoms with van der Waals surface area (Å²) in [6, 6.07) is 10.9. The minimum atomic E-state index is -0.213. The topological polar surface area (TPSA) is 64.9 Å². The van der Waals surface area contributed by atoms with Crippen molar-refractivity contribution >= 4 is 11.4 Å². The second-order valence-corrected chi connectivity index (χ2v) is 4.95. The van der Waals surface area contributed by atoms with Crippen molar-refractivity contribution in [2.45, 2.75) is 6.54 Å². The smallest absolute Gasteiger partial charge is 0.251 e. The molecule has 0 bridgehead atoms. The number of nitrogens with one attached hydrogen (secondary N) is 1. The fourth-order valence-electron chi connectivity index (χ4n) is 2.33. The highest BCUT2D eigenvalue weighted by Crippen LogP contribution is 2.22. The number of aromatic nitrogens is 2. The second-order valence-electron chi connectivity index (χ2n) is 4.95. The summed E-state index contributed by atoms with van der Waals surface area (Å²) in [5, 5.41) is 2.86. The third-order valence-corrected chi connectivity index (χ3v) is 3.54. The molecule has 0 radical (unpaired) electrons. The minimum absolute atomic E-state index is 0.213. The molecule has 3 rings (SSSR count). The fourth-order valence-corrected chi connectivity index (χ4v) is 2.33. The number of hydrogen-bond donors (Lipinski definition) is 1. The minimum Gasteiger partial charge on any atom is -0.497 e. The predicted molar refractivity (Wildman–Crippen MR) is 85.9 cm³/mol. The Balaban J connectivity index is 1.77. The van der Waals surface area contributed by atoms with Gasteiger partial charge in [-0.3, -0.25) is 4.79 Å². The number of carbonyl (C=O) groups is 1. The number of carbonyl (C=O) groups excluding carboxylic acids is 1. The van der Waals surface area contributed by atoms with Crippen LogP contribution in [-0.4, -0.2) is 29.5 Å². The fraction of sp³-hybridized carbons (Fsp3) is 0.176. The molecule has 3 aromatic rings. The number of benzene rings is 1. The summed E-state index contributed by atoms with van der Waals surface area (Å²) in [7, 11) is 3.10. The number of ether oxygens (including phenoxy) is 2. The zero-order valence-electron chi connectivity index (χ0n) is 12.9. The lowest BCUT2D eigenvalue weighted by Gasteiger charge is -2.09. The van der Waals surface area contributed by atoms with Crippen LogP contribution in [0.1, 0.15) is 16.2 Å². The Labute approximate surface area is 133 Å². The molecule has 6 heteroatoms. The van der Waals surface area contributed by atoms with Gasteiger partial charge in [-0.25, -0.2) is 4.98 Å². The van der Waals surface area contributed by atoms with Gasteiger partial charge in [0.2, 0.25) is 0 Å². The van der Waals surface area contributed by atoms with Crippen LogP contribution in [0.5, 0.6) is 11.5 Å². The van der Waals surface area contributed by atoms with Crippen molar-refractivity contribution in [2.75, 3.05) is 14.2 Å². The summed E-state index contributed by atoms with van der Waals surface area (Å²) in [4.78, 5) is 16.7. The van der Waals surface area contributed by atoms with E-state index < -0.39 is 0 Å². The van der Waals surface area contributed by atoms with Crippen molar-refractivity contribution in [1.29, 1.82) is 0 Å². The first-order chi connectivity index (χ1) is 11.2. The molecule has 6 nitrogen and oxygen atoms in total. The number of methoxy groups -OCH3 is 2. The number of imidazole rings is 1. The van der Waals surface area contributed by atoms with Crippen molar-refractivity contribution in [3.05, 3.63) is 60.2 Å². The Morgan fingerprint density at radius 1 is 1.17 bits per heavy atom. The first-order valence-corrected chi connectivity index (χ1v) is 7.13. The molecule has 0 aliphatic rings. The monoisotopic (exact) mass is 311 g/mol. The molecular formula is C17H17N3O3. The largest absolute Gasteiger partial charge is 0.497 e. The Hall–Kier alpha value is -3.02. The molecule has 0 unspecified atom stereocenters. The van der Waals surface area contributed by atoms with Crippen molar-refractivity contribution in [1.82, 2.24) is 14.7 Å². The third kappa shape index (κ3) is 3.11. The average molecular weight is 311 g/mol.